The Balaban J connectivity index is 1.76. The number of rotatable bonds is 7. The first-order valence-corrected chi connectivity index (χ1v) is 9.92. The van der Waals surface area contributed by atoms with Gasteiger partial charge in [0.15, 0.2) is 0 Å². The second-order valence-corrected chi connectivity index (χ2v) is 7.49. The fraction of sp³-hybridized carbons (Fsp3) is 0.348. The average molecular weight is 394 g/mol. The first-order chi connectivity index (χ1) is 14.0. The molecule has 2 aromatic rings. The van der Waals surface area contributed by atoms with Gasteiger partial charge in [-0.3, -0.25) is 14.4 Å². The van der Waals surface area contributed by atoms with Crippen LogP contribution in [0.5, 0.6) is 0 Å². The molecule has 152 valence electrons. The normalized spacial score (nSPS) is 16.2. The smallest absolute Gasteiger partial charge is 0.306 e. The molecule has 3 rings (SSSR count). The van der Waals surface area contributed by atoms with Crippen molar-refractivity contribution in [2.24, 2.45) is 5.92 Å². The summed E-state index contributed by atoms with van der Waals surface area (Å²) in [5.41, 5.74) is 2.29. The molecule has 0 aromatic heterocycles. The van der Waals surface area contributed by atoms with Crippen molar-refractivity contribution in [1.29, 1.82) is 0 Å². The van der Waals surface area contributed by atoms with Crippen LogP contribution >= 0.6 is 0 Å². The Bertz CT molecular complexity index is 864. The number of hydrogen-bond acceptors (Lipinski definition) is 3. The highest BCUT2D eigenvalue weighted by molar-refractivity contribution is 5.98. The number of carboxylic acid groups (broad SMARTS) is 1. The summed E-state index contributed by atoms with van der Waals surface area (Å²) in [5, 5.41) is 12.0. The summed E-state index contributed by atoms with van der Waals surface area (Å²) < 4.78 is 0. The zero-order valence-electron chi connectivity index (χ0n) is 16.5. The quantitative estimate of drug-likeness (QED) is 0.751. The molecule has 1 aliphatic rings. The monoisotopic (exact) mass is 394 g/mol. The maximum absolute atomic E-state index is 13.1. The van der Waals surface area contributed by atoms with E-state index in [1.165, 1.54) is 0 Å². The number of nitrogens with zero attached hydrogens (tertiary/aromatic N) is 1. The molecule has 2 atom stereocenters. The molecule has 0 aliphatic carbocycles. The van der Waals surface area contributed by atoms with Gasteiger partial charge in [0, 0.05) is 18.7 Å². The molecule has 29 heavy (non-hydrogen) atoms. The first kappa shape index (κ1) is 20.6. The highest BCUT2D eigenvalue weighted by atomic mass is 16.4. The molecule has 0 spiro atoms. The van der Waals surface area contributed by atoms with E-state index in [-0.39, 0.29) is 11.8 Å². The first-order valence-electron chi connectivity index (χ1n) is 9.92. The lowest BCUT2D eigenvalue weighted by Gasteiger charge is -2.34. The number of hydrogen-bond donors (Lipinski definition) is 2. The van der Waals surface area contributed by atoms with Crippen molar-refractivity contribution in [2.45, 2.75) is 38.6 Å². The van der Waals surface area contributed by atoms with Crippen molar-refractivity contribution in [3.63, 3.8) is 0 Å². The highest BCUT2D eigenvalue weighted by Gasteiger charge is 2.32. The van der Waals surface area contributed by atoms with Crippen molar-refractivity contribution in [3.8, 4) is 0 Å². The van der Waals surface area contributed by atoms with Gasteiger partial charge in [-0.2, -0.15) is 0 Å². The summed E-state index contributed by atoms with van der Waals surface area (Å²) in [6.07, 6.45) is 2.64. The van der Waals surface area contributed by atoms with Crippen molar-refractivity contribution < 1.29 is 19.5 Å². The van der Waals surface area contributed by atoms with Crippen molar-refractivity contribution in [1.82, 2.24) is 4.90 Å². The van der Waals surface area contributed by atoms with E-state index in [1.54, 1.807) is 24.0 Å². The highest BCUT2D eigenvalue weighted by Crippen LogP contribution is 2.27. The molecule has 2 unspecified atom stereocenters. The van der Waals surface area contributed by atoms with Crippen LogP contribution in [0.25, 0.3) is 0 Å². The van der Waals surface area contributed by atoms with Gasteiger partial charge in [-0.25, -0.2) is 0 Å². The van der Waals surface area contributed by atoms with Crippen molar-refractivity contribution >= 4 is 23.5 Å². The molecular formula is C23H26N2O4. The minimum absolute atomic E-state index is 0.00161. The maximum Gasteiger partial charge on any atom is 0.306 e. The van der Waals surface area contributed by atoms with Crippen molar-refractivity contribution in [2.75, 3.05) is 11.9 Å². The van der Waals surface area contributed by atoms with E-state index in [2.05, 4.69) is 5.32 Å². The van der Waals surface area contributed by atoms with Gasteiger partial charge < -0.3 is 15.3 Å². The van der Waals surface area contributed by atoms with E-state index in [1.807, 2.05) is 42.5 Å². The number of benzene rings is 2. The Kier molecular flexibility index (Phi) is 6.65. The number of piperidine rings is 1. The van der Waals surface area contributed by atoms with Crippen LogP contribution in [0.2, 0.25) is 0 Å². The molecule has 1 heterocycles. The van der Waals surface area contributed by atoms with E-state index >= 15 is 0 Å². The Hall–Kier alpha value is -3.15. The van der Waals surface area contributed by atoms with Crippen LogP contribution in [0.3, 0.4) is 0 Å². The van der Waals surface area contributed by atoms with Gasteiger partial charge in [-0.1, -0.05) is 49.4 Å². The second-order valence-electron chi connectivity index (χ2n) is 7.49. The molecule has 1 fully saturated rings. The number of nitrogens with one attached hydrogen (secondary N) is 1. The van der Waals surface area contributed by atoms with Crippen LogP contribution in [0, 0.1) is 5.92 Å². The van der Waals surface area contributed by atoms with Crippen LogP contribution in [0.1, 0.15) is 43.4 Å². The average Bonchev–Trinajstić information content (AvgIpc) is 2.72. The van der Waals surface area contributed by atoms with Crippen LogP contribution in [-0.4, -0.2) is 34.3 Å². The molecule has 2 aromatic carbocycles. The van der Waals surface area contributed by atoms with Gasteiger partial charge in [0.25, 0.3) is 5.91 Å². The standard InChI is InChI=1S/C23H26N2O4/c1-16(23(28)29)15-17-10-12-19(13-11-17)24-22(27)21(18-7-3-2-4-8-18)25-14-6-5-9-20(25)26/h2-4,7-8,10-13,16,21H,5-6,9,14-15H2,1H3,(H,24,27)(H,28,29). The lowest BCUT2D eigenvalue weighted by Crippen LogP contribution is -2.43. The molecule has 6 heteroatoms. The van der Waals surface area contributed by atoms with Gasteiger partial charge in [-0.15, -0.1) is 0 Å². The topological polar surface area (TPSA) is 86.7 Å². The van der Waals surface area contributed by atoms with Crippen LogP contribution in [0.15, 0.2) is 54.6 Å². The minimum Gasteiger partial charge on any atom is -0.481 e. The van der Waals surface area contributed by atoms with E-state index in [4.69, 9.17) is 5.11 Å². The Labute approximate surface area is 170 Å². The summed E-state index contributed by atoms with van der Waals surface area (Å²) in [4.78, 5) is 38.3. The van der Waals surface area contributed by atoms with Gasteiger partial charge in [0.2, 0.25) is 5.91 Å². The van der Waals surface area contributed by atoms with Gasteiger partial charge in [0.05, 0.1) is 5.92 Å². The predicted octanol–water partition coefficient (Wildman–Crippen LogP) is 3.64. The third-order valence-corrected chi connectivity index (χ3v) is 5.22. The zero-order chi connectivity index (χ0) is 20.8. The lowest BCUT2D eigenvalue weighted by molar-refractivity contribution is -0.141. The van der Waals surface area contributed by atoms with E-state index in [0.29, 0.717) is 25.1 Å². The molecule has 0 bridgehead atoms. The molecule has 6 nitrogen and oxygen atoms in total. The molecular weight excluding hydrogens is 368 g/mol. The van der Waals surface area contributed by atoms with E-state index in [0.717, 1.165) is 24.0 Å². The van der Waals surface area contributed by atoms with Crippen LogP contribution in [0.4, 0.5) is 5.69 Å². The summed E-state index contributed by atoms with van der Waals surface area (Å²) in [6, 6.07) is 15.8. The summed E-state index contributed by atoms with van der Waals surface area (Å²) in [5.74, 6) is -1.56. The van der Waals surface area contributed by atoms with Crippen molar-refractivity contribution in [3.05, 3.63) is 65.7 Å². The Morgan fingerprint density at radius 1 is 1.07 bits per heavy atom. The SMILES string of the molecule is CC(Cc1ccc(NC(=O)C(c2ccccc2)N2CCCCC2=O)cc1)C(=O)O. The molecule has 1 aliphatic heterocycles. The predicted molar refractivity (Wildman–Crippen MR) is 110 cm³/mol. The number of likely N-dealkylation sites (tertiary alicyclic amines) is 1. The molecule has 0 saturated carbocycles. The number of carbonyl (C=O) groups is 3. The largest absolute Gasteiger partial charge is 0.481 e. The van der Waals surface area contributed by atoms with E-state index < -0.39 is 17.9 Å². The molecule has 2 amide bonds. The van der Waals surface area contributed by atoms with Gasteiger partial charge >= 0.3 is 5.97 Å². The minimum atomic E-state index is -0.834. The number of carboxylic acids is 1. The maximum atomic E-state index is 13.1. The Morgan fingerprint density at radius 2 is 1.76 bits per heavy atom. The zero-order valence-corrected chi connectivity index (χ0v) is 16.5. The fourth-order valence-electron chi connectivity index (χ4n) is 3.58. The summed E-state index contributed by atoms with van der Waals surface area (Å²) in [7, 11) is 0. The van der Waals surface area contributed by atoms with Crippen LogP contribution < -0.4 is 5.32 Å². The number of aliphatic carboxylic acids is 1. The summed E-state index contributed by atoms with van der Waals surface area (Å²) >= 11 is 0. The molecule has 0 radical (unpaired) electrons. The summed E-state index contributed by atoms with van der Waals surface area (Å²) in [6.45, 7) is 2.23. The number of amides is 2. The second kappa shape index (κ2) is 9.37. The van der Waals surface area contributed by atoms with Crippen LogP contribution in [-0.2, 0) is 20.8 Å². The fourth-order valence-corrected chi connectivity index (χ4v) is 3.58. The van der Waals surface area contributed by atoms with Gasteiger partial charge in [0.1, 0.15) is 6.04 Å². The number of anilines is 1. The third kappa shape index (κ3) is 5.22. The third-order valence-electron chi connectivity index (χ3n) is 5.22. The Morgan fingerprint density at radius 3 is 2.38 bits per heavy atom. The van der Waals surface area contributed by atoms with E-state index in [9.17, 15) is 14.4 Å². The lowest BCUT2D eigenvalue weighted by atomic mass is 10.00. The molecule has 1 saturated heterocycles. The van der Waals surface area contributed by atoms with Gasteiger partial charge in [-0.05, 0) is 42.5 Å². The number of carbonyl (C=O) groups excluding carboxylic acids is 2. The molecule has 2 N–H and O–H groups in total.